The van der Waals surface area contributed by atoms with Crippen LogP contribution in [0.25, 0.3) is 0 Å². The van der Waals surface area contributed by atoms with Gasteiger partial charge in [0.15, 0.2) is 11.5 Å². The van der Waals surface area contributed by atoms with Crippen molar-refractivity contribution in [1.82, 2.24) is 9.80 Å². The minimum Gasteiger partial charge on any atom is -0.454 e. The van der Waals surface area contributed by atoms with Crippen LogP contribution in [0.4, 0.5) is 0 Å². The van der Waals surface area contributed by atoms with Gasteiger partial charge in [0.1, 0.15) is 0 Å². The number of ether oxygens (including phenoxy) is 3. The predicted molar refractivity (Wildman–Crippen MR) is 105 cm³/mol. The molecular formula is C22H26N2O4. The molecule has 0 fully saturated rings. The molecule has 2 aliphatic heterocycles. The van der Waals surface area contributed by atoms with Crippen LogP contribution < -0.4 is 9.47 Å². The number of amides is 1. The summed E-state index contributed by atoms with van der Waals surface area (Å²) in [6.45, 7) is 2.61. The number of hydrogen-bond donors (Lipinski definition) is 0. The third-order valence-corrected chi connectivity index (χ3v) is 5.46. The van der Waals surface area contributed by atoms with Crippen molar-refractivity contribution in [2.75, 3.05) is 34.1 Å². The normalized spacial score (nSPS) is 18.0. The molecule has 148 valence electrons. The average molecular weight is 382 g/mol. The maximum atomic E-state index is 13.4. The fourth-order valence-corrected chi connectivity index (χ4v) is 3.87. The van der Waals surface area contributed by atoms with E-state index in [-0.39, 0.29) is 18.7 Å². The lowest BCUT2D eigenvalue weighted by atomic mass is 9.93. The highest BCUT2D eigenvalue weighted by atomic mass is 16.7. The van der Waals surface area contributed by atoms with Crippen molar-refractivity contribution in [2.45, 2.75) is 25.6 Å². The zero-order valence-electron chi connectivity index (χ0n) is 16.4. The Labute approximate surface area is 165 Å². The first-order chi connectivity index (χ1) is 13.7. The average Bonchev–Trinajstić information content (AvgIpc) is 3.18. The Kier molecular flexibility index (Phi) is 5.50. The summed E-state index contributed by atoms with van der Waals surface area (Å²) in [4.78, 5) is 17.5. The van der Waals surface area contributed by atoms with E-state index in [2.05, 4.69) is 23.1 Å². The van der Waals surface area contributed by atoms with Gasteiger partial charge in [0.25, 0.3) is 0 Å². The maximum absolute atomic E-state index is 13.4. The van der Waals surface area contributed by atoms with Crippen LogP contribution in [0.1, 0.15) is 16.7 Å². The number of nitrogens with zero attached hydrogens (tertiary/aromatic N) is 2. The molecule has 0 saturated heterocycles. The number of methoxy groups -OCH3 is 1. The van der Waals surface area contributed by atoms with E-state index in [0.29, 0.717) is 19.7 Å². The third kappa shape index (κ3) is 3.84. The number of carbonyl (C=O) groups excluding carboxylic acids is 1. The molecule has 0 radical (unpaired) electrons. The summed E-state index contributed by atoms with van der Waals surface area (Å²) in [6, 6.07) is 14.0. The van der Waals surface area contributed by atoms with Crippen molar-refractivity contribution in [3.05, 3.63) is 59.2 Å². The summed E-state index contributed by atoms with van der Waals surface area (Å²) in [5.74, 6) is 1.62. The van der Waals surface area contributed by atoms with E-state index in [1.807, 2.05) is 36.2 Å². The zero-order chi connectivity index (χ0) is 19.5. The first-order valence-electron chi connectivity index (χ1n) is 9.59. The molecule has 2 aromatic rings. The molecule has 1 unspecified atom stereocenters. The van der Waals surface area contributed by atoms with E-state index in [1.54, 1.807) is 7.11 Å². The Morgan fingerprint density at radius 2 is 1.96 bits per heavy atom. The molecule has 0 bridgehead atoms. The summed E-state index contributed by atoms with van der Waals surface area (Å²) in [7, 11) is 3.68. The van der Waals surface area contributed by atoms with Crippen molar-refractivity contribution >= 4 is 5.91 Å². The van der Waals surface area contributed by atoms with E-state index in [9.17, 15) is 4.79 Å². The van der Waals surface area contributed by atoms with Crippen LogP contribution in [0.3, 0.4) is 0 Å². The summed E-state index contributed by atoms with van der Waals surface area (Å²) in [6.07, 6.45) is 0.732. The summed E-state index contributed by atoms with van der Waals surface area (Å²) in [5.41, 5.74) is 3.58. The molecule has 4 rings (SSSR count). The van der Waals surface area contributed by atoms with Gasteiger partial charge >= 0.3 is 0 Å². The Bertz CT molecular complexity index is 854. The minimum absolute atomic E-state index is 0.131. The lowest BCUT2D eigenvalue weighted by Gasteiger charge is -2.36. The summed E-state index contributed by atoms with van der Waals surface area (Å²) >= 11 is 0. The van der Waals surface area contributed by atoms with Gasteiger partial charge in [-0.3, -0.25) is 9.69 Å². The van der Waals surface area contributed by atoms with Crippen LogP contribution in [-0.4, -0.2) is 55.9 Å². The van der Waals surface area contributed by atoms with E-state index in [0.717, 1.165) is 30.0 Å². The van der Waals surface area contributed by atoms with Gasteiger partial charge in [-0.2, -0.15) is 0 Å². The molecule has 6 heteroatoms. The van der Waals surface area contributed by atoms with Crippen LogP contribution in [0, 0.1) is 0 Å². The molecule has 0 saturated carbocycles. The molecule has 0 aliphatic carbocycles. The van der Waals surface area contributed by atoms with E-state index < -0.39 is 0 Å². The SMILES string of the molecule is COCCN(Cc1ccc2c(c1)OCO2)C(=O)C1Cc2ccccc2CN1C. The molecule has 0 spiro atoms. The molecule has 2 aliphatic rings. The van der Waals surface area contributed by atoms with Crippen molar-refractivity contribution in [2.24, 2.45) is 0 Å². The van der Waals surface area contributed by atoms with Crippen LogP contribution in [0.15, 0.2) is 42.5 Å². The van der Waals surface area contributed by atoms with Crippen molar-refractivity contribution in [3.8, 4) is 11.5 Å². The summed E-state index contributed by atoms with van der Waals surface area (Å²) < 4.78 is 16.1. The summed E-state index contributed by atoms with van der Waals surface area (Å²) in [5, 5.41) is 0. The number of likely N-dealkylation sites (N-methyl/N-ethyl adjacent to an activating group) is 1. The topological polar surface area (TPSA) is 51.2 Å². The van der Waals surface area contributed by atoms with Gasteiger partial charge < -0.3 is 19.1 Å². The fraction of sp³-hybridized carbons (Fsp3) is 0.409. The molecule has 0 aromatic heterocycles. The highest BCUT2D eigenvalue weighted by Gasteiger charge is 2.32. The fourth-order valence-electron chi connectivity index (χ4n) is 3.87. The smallest absolute Gasteiger partial charge is 0.240 e. The van der Waals surface area contributed by atoms with Gasteiger partial charge in [0, 0.05) is 26.7 Å². The largest absolute Gasteiger partial charge is 0.454 e. The Morgan fingerprint density at radius 1 is 1.18 bits per heavy atom. The Balaban J connectivity index is 1.52. The van der Waals surface area contributed by atoms with E-state index in [4.69, 9.17) is 14.2 Å². The second kappa shape index (κ2) is 8.20. The number of benzene rings is 2. The van der Waals surface area contributed by atoms with Crippen LogP contribution in [-0.2, 0) is 29.0 Å². The molecule has 28 heavy (non-hydrogen) atoms. The predicted octanol–water partition coefficient (Wildman–Crippen LogP) is 2.45. The Morgan fingerprint density at radius 3 is 2.79 bits per heavy atom. The van der Waals surface area contributed by atoms with Gasteiger partial charge in [0.2, 0.25) is 12.7 Å². The van der Waals surface area contributed by atoms with Crippen LogP contribution in [0.2, 0.25) is 0 Å². The molecular weight excluding hydrogens is 356 g/mol. The van der Waals surface area contributed by atoms with Gasteiger partial charge in [-0.25, -0.2) is 0 Å². The zero-order valence-corrected chi connectivity index (χ0v) is 16.4. The number of hydrogen-bond acceptors (Lipinski definition) is 5. The minimum atomic E-state index is -0.166. The monoisotopic (exact) mass is 382 g/mol. The maximum Gasteiger partial charge on any atom is 0.240 e. The third-order valence-electron chi connectivity index (χ3n) is 5.46. The van der Waals surface area contributed by atoms with Gasteiger partial charge in [0.05, 0.1) is 12.6 Å². The van der Waals surface area contributed by atoms with Crippen molar-refractivity contribution in [1.29, 1.82) is 0 Å². The molecule has 2 aromatic carbocycles. The quantitative estimate of drug-likeness (QED) is 0.768. The first kappa shape index (κ1) is 18.8. The number of rotatable bonds is 6. The molecule has 1 atom stereocenters. The number of fused-ring (bicyclic) bond motifs is 2. The molecule has 2 heterocycles. The van der Waals surface area contributed by atoms with Gasteiger partial charge in [-0.1, -0.05) is 30.3 Å². The van der Waals surface area contributed by atoms with E-state index in [1.165, 1.54) is 11.1 Å². The van der Waals surface area contributed by atoms with Crippen molar-refractivity contribution < 1.29 is 19.0 Å². The second-order valence-electron chi connectivity index (χ2n) is 7.34. The van der Waals surface area contributed by atoms with Gasteiger partial charge in [-0.15, -0.1) is 0 Å². The Hall–Kier alpha value is -2.57. The standard InChI is InChI=1S/C22H26N2O4/c1-23-14-18-6-4-3-5-17(18)12-19(23)22(25)24(9-10-26-2)13-16-7-8-20-21(11-16)28-15-27-20/h3-8,11,19H,9-10,12-15H2,1-2H3. The molecule has 1 amide bonds. The molecule has 0 N–H and O–H groups in total. The molecule has 6 nitrogen and oxygen atoms in total. The second-order valence-corrected chi connectivity index (χ2v) is 7.34. The van der Waals surface area contributed by atoms with E-state index >= 15 is 0 Å². The first-order valence-corrected chi connectivity index (χ1v) is 9.59. The van der Waals surface area contributed by atoms with Gasteiger partial charge in [-0.05, 0) is 42.3 Å². The van der Waals surface area contributed by atoms with Crippen LogP contribution >= 0.6 is 0 Å². The number of carbonyl (C=O) groups is 1. The lowest BCUT2D eigenvalue weighted by Crippen LogP contribution is -2.50. The van der Waals surface area contributed by atoms with Crippen molar-refractivity contribution in [3.63, 3.8) is 0 Å². The lowest BCUT2D eigenvalue weighted by molar-refractivity contribution is -0.138. The van der Waals surface area contributed by atoms with Crippen LogP contribution in [0.5, 0.6) is 11.5 Å². The highest BCUT2D eigenvalue weighted by molar-refractivity contribution is 5.82. The highest BCUT2D eigenvalue weighted by Crippen LogP contribution is 2.33.